The van der Waals surface area contributed by atoms with Crippen molar-refractivity contribution < 1.29 is 21.6 Å². The molecular weight excluding hydrogens is 533 g/mol. The van der Waals surface area contributed by atoms with Crippen LogP contribution in [0.4, 0.5) is 18.9 Å². The average Bonchev–Trinajstić information content (AvgIpc) is 2.90. The second-order valence-electron chi connectivity index (χ2n) is 8.48. The molecule has 0 atom stereocenters. The van der Waals surface area contributed by atoms with Gasteiger partial charge >= 0.3 is 0 Å². The van der Waals surface area contributed by atoms with Gasteiger partial charge in [-0.1, -0.05) is 12.1 Å². The van der Waals surface area contributed by atoms with E-state index in [0.717, 1.165) is 23.8 Å². The summed E-state index contributed by atoms with van der Waals surface area (Å²) in [4.78, 5) is 7.34. The third kappa shape index (κ3) is 6.94. The van der Waals surface area contributed by atoms with E-state index in [-0.39, 0.29) is 35.2 Å². The Morgan fingerprint density at radius 3 is 2.03 bits per heavy atom. The lowest BCUT2D eigenvalue weighted by Gasteiger charge is -2.34. The van der Waals surface area contributed by atoms with E-state index < -0.39 is 27.5 Å². The zero-order chi connectivity index (χ0) is 27.3. The molecule has 11 heteroatoms. The van der Waals surface area contributed by atoms with Crippen LogP contribution in [0.15, 0.2) is 96.2 Å². The first-order valence-corrected chi connectivity index (χ1v) is 13.3. The van der Waals surface area contributed by atoms with Gasteiger partial charge in [-0.25, -0.2) is 26.7 Å². The number of nitrogens with zero attached hydrogens (tertiary/aromatic N) is 3. The molecule has 0 aliphatic heterocycles. The minimum absolute atomic E-state index is 0.0556. The number of anilines is 1. The predicted octanol–water partition coefficient (Wildman–Crippen LogP) is 5.14. The Morgan fingerprint density at radius 2 is 1.39 bits per heavy atom. The molecule has 1 aromatic heterocycles. The topological polar surface area (TPSA) is 79.5 Å². The van der Waals surface area contributed by atoms with Crippen molar-refractivity contribution >= 4 is 33.0 Å². The van der Waals surface area contributed by atoms with Gasteiger partial charge in [-0.15, -0.1) is 0 Å². The van der Waals surface area contributed by atoms with Crippen molar-refractivity contribution in [3.63, 3.8) is 0 Å². The lowest BCUT2D eigenvalue weighted by Crippen LogP contribution is -2.42. The van der Waals surface area contributed by atoms with Gasteiger partial charge in [0.1, 0.15) is 17.5 Å². The fourth-order valence-electron chi connectivity index (χ4n) is 3.80. The van der Waals surface area contributed by atoms with E-state index >= 15 is 0 Å². The van der Waals surface area contributed by atoms with Crippen LogP contribution in [0, 0.1) is 17.5 Å². The molecule has 3 aromatic carbocycles. The maximum atomic E-state index is 14.6. The summed E-state index contributed by atoms with van der Waals surface area (Å²) in [7, 11) is -3.92. The first-order valence-electron chi connectivity index (χ1n) is 11.4. The number of rotatable bonds is 8. The third-order valence-electron chi connectivity index (χ3n) is 5.72. The van der Waals surface area contributed by atoms with Gasteiger partial charge in [0.25, 0.3) is 0 Å². The van der Waals surface area contributed by atoms with E-state index in [0.29, 0.717) is 11.3 Å². The van der Waals surface area contributed by atoms with Crippen LogP contribution in [0.3, 0.4) is 0 Å². The molecule has 1 heterocycles. The van der Waals surface area contributed by atoms with E-state index in [4.69, 9.17) is 17.4 Å². The lowest BCUT2D eigenvalue weighted by molar-refractivity contribution is 0.394. The van der Waals surface area contributed by atoms with Gasteiger partial charge in [-0.2, -0.15) is 0 Å². The van der Waals surface area contributed by atoms with E-state index in [2.05, 4.69) is 4.98 Å². The molecule has 6 nitrogen and oxygen atoms in total. The molecule has 0 spiro atoms. The Balaban J connectivity index is 1.75. The normalized spacial score (nSPS) is 11.3. The molecular formula is C27H23F3N4O2S2. The molecule has 2 N–H and O–H groups in total. The molecule has 0 saturated heterocycles. The molecule has 38 heavy (non-hydrogen) atoms. The van der Waals surface area contributed by atoms with Crippen LogP contribution in [0.2, 0.25) is 0 Å². The summed E-state index contributed by atoms with van der Waals surface area (Å²) in [5.74, 6) is -1.57. The van der Waals surface area contributed by atoms with Crippen molar-refractivity contribution in [2.45, 2.75) is 24.5 Å². The van der Waals surface area contributed by atoms with Crippen LogP contribution in [0.5, 0.6) is 0 Å². The van der Waals surface area contributed by atoms with E-state index in [1.807, 2.05) is 0 Å². The quantitative estimate of drug-likeness (QED) is 0.303. The highest BCUT2D eigenvalue weighted by Gasteiger charge is 2.22. The zero-order valence-corrected chi connectivity index (χ0v) is 21.6. The van der Waals surface area contributed by atoms with Gasteiger partial charge in [0.05, 0.1) is 11.4 Å². The minimum Gasteiger partial charge on any atom is -0.340 e. The molecule has 0 fully saturated rings. The van der Waals surface area contributed by atoms with Crippen molar-refractivity contribution in [1.29, 1.82) is 0 Å². The van der Waals surface area contributed by atoms with E-state index in [1.165, 1.54) is 24.3 Å². The number of hydrogen-bond donors (Lipinski definition) is 1. The van der Waals surface area contributed by atoms with Crippen molar-refractivity contribution in [2.75, 3.05) is 4.90 Å². The third-order valence-corrected chi connectivity index (χ3v) is 7.13. The highest BCUT2D eigenvalue weighted by atomic mass is 32.2. The van der Waals surface area contributed by atoms with Crippen LogP contribution < -0.4 is 10.0 Å². The molecule has 0 bridgehead atoms. The Hall–Kier alpha value is -3.80. The second-order valence-corrected chi connectivity index (χ2v) is 10.4. The maximum Gasteiger partial charge on any atom is 0.238 e. The summed E-state index contributed by atoms with van der Waals surface area (Å²) < 4.78 is 65.7. The molecule has 0 amide bonds. The van der Waals surface area contributed by atoms with Crippen molar-refractivity contribution in [2.24, 2.45) is 5.14 Å². The first-order chi connectivity index (χ1) is 18.1. The molecule has 0 saturated carbocycles. The summed E-state index contributed by atoms with van der Waals surface area (Å²) in [6.45, 7) is 0.374. The molecule has 4 rings (SSSR count). The summed E-state index contributed by atoms with van der Waals surface area (Å²) >= 11 is 5.89. The highest BCUT2D eigenvalue weighted by molar-refractivity contribution is 7.89. The number of nitrogens with two attached hydrogens (primary N) is 1. The lowest BCUT2D eigenvalue weighted by atomic mass is 10.1. The number of thiocarbonyl (C=S) groups is 1. The average molecular weight is 557 g/mol. The van der Waals surface area contributed by atoms with Gasteiger partial charge < -0.3 is 9.80 Å². The largest absolute Gasteiger partial charge is 0.340 e. The smallest absolute Gasteiger partial charge is 0.238 e. The van der Waals surface area contributed by atoms with Crippen LogP contribution in [-0.2, 0) is 29.7 Å². The van der Waals surface area contributed by atoms with Crippen LogP contribution in [-0.4, -0.2) is 23.4 Å². The molecule has 0 aliphatic rings. The van der Waals surface area contributed by atoms with Gasteiger partial charge in [0.15, 0.2) is 5.11 Å². The number of aromatic nitrogens is 1. The molecule has 0 unspecified atom stereocenters. The predicted molar refractivity (Wildman–Crippen MR) is 143 cm³/mol. The molecule has 4 aromatic rings. The van der Waals surface area contributed by atoms with Crippen LogP contribution >= 0.6 is 12.2 Å². The van der Waals surface area contributed by atoms with Gasteiger partial charge in [-0.3, -0.25) is 4.98 Å². The van der Waals surface area contributed by atoms with E-state index in [1.54, 1.807) is 58.6 Å². The fraction of sp³-hybridized carbons (Fsp3) is 0.111. The Bertz CT molecular complexity index is 1520. The van der Waals surface area contributed by atoms with Crippen LogP contribution in [0.25, 0.3) is 0 Å². The molecule has 0 radical (unpaired) electrons. The summed E-state index contributed by atoms with van der Waals surface area (Å²) in [6.07, 6.45) is 3.23. The monoisotopic (exact) mass is 556 g/mol. The number of benzene rings is 3. The number of primary sulfonamides is 1. The number of hydrogen-bond acceptors (Lipinski definition) is 4. The molecule has 0 aliphatic carbocycles. The van der Waals surface area contributed by atoms with Crippen molar-refractivity contribution in [1.82, 2.24) is 9.88 Å². The zero-order valence-electron chi connectivity index (χ0n) is 20.0. The van der Waals surface area contributed by atoms with Crippen molar-refractivity contribution in [3.8, 4) is 0 Å². The van der Waals surface area contributed by atoms with Gasteiger partial charge in [0.2, 0.25) is 10.0 Å². The standard InChI is InChI=1S/C27H23F3N4O2S2/c28-22-3-1-19(2-4-22)17-34(24-6-8-25(9-7-24)38(31,35)36)27(37)33(16-20-11-13-32-14-12-20)18-21-15-23(29)5-10-26(21)30/h1-15H,16-18H2,(H2,31,35,36). The summed E-state index contributed by atoms with van der Waals surface area (Å²) in [5, 5.41) is 5.49. The van der Waals surface area contributed by atoms with Gasteiger partial charge in [0, 0.05) is 36.7 Å². The minimum atomic E-state index is -3.92. The summed E-state index contributed by atoms with van der Waals surface area (Å²) in [6, 6.07) is 18.4. The summed E-state index contributed by atoms with van der Waals surface area (Å²) in [5.41, 5.74) is 2.16. The SMILES string of the molecule is NS(=O)(=O)c1ccc(N(Cc2ccc(F)cc2)C(=S)N(Cc2ccncc2)Cc2cc(F)ccc2F)cc1. The highest BCUT2D eigenvalue weighted by Crippen LogP contribution is 2.24. The number of halogens is 3. The van der Waals surface area contributed by atoms with Crippen molar-refractivity contribution in [3.05, 3.63) is 125 Å². The van der Waals surface area contributed by atoms with E-state index in [9.17, 15) is 21.6 Å². The van der Waals surface area contributed by atoms with Gasteiger partial charge in [-0.05, 0) is 90.1 Å². The Labute approximate surface area is 224 Å². The first kappa shape index (κ1) is 27.2. The molecule has 196 valence electrons. The number of sulfonamides is 1. The number of pyridine rings is 1. The second kappa shape index (κ2) is 11.7. The Kier molecular flexibility index (Phi) is 8.40. The fourth-order valence-corrected chi connectivity index (χ4v) is 4.61. The Morgan fingerprint density at radius 1 is 0.789 bits per heavy atom. The van der Waals surface area contributed by atoms with Crippen LogP contribution in [0.1, 0.15) is 16.7 Å². The maximum absolute atomic E-state index is 14.6.